The number of benzene rings is 5. The molecule has 0 unspecified atom stereocenters. The Bertz CT molecular complexity index is 4900. The molecule has 3 heterocycles. The number of nitrogens with zero attached hydrogens (tertiary/aromatic N) is 3. The van der Waals surface area contributed by atoms with Crippen LogP contribution in [0.2, 0.25) is 0 Å². The van der Waals surface area contributed by atoms with Gasteiger partial charge in [0, 0.05) is 84.2 Å². The van der Waals surface area contributed by atoms with E-state index < -0.39 is 144 Å². The van der Waals surface area contributed by atoms with Crippen LogP contribution in [0.25, 0.3) is 21.5 Å². The number of allylic oxidation sites excluding steroid dienone is 6. The Morgan fingerprint density at radius 2 is 1.20 bits per heavy atom. The number of carboxylic acid groups (broad SMARTS) is 1. The second-order valence-electron chi connectivity index (χ2n) is 26.3. The Labute approximate surface area is 600 Å². The molecule has 36 heteroatoms. The molecule has 8 rings (SSSR count). The van der Waals surface area contributed by atoms with Crippen LogP contribution in [0, 0.1) is 0 Å². The zero-order valence-corrected chi connectivity index (χ0v) is 60.6. The van der Waals surface area contributed by atoms with E-state index >= 15 is 0 Å². The maximum Gasteiger partial charge on any atom is 0.305 e. The van der Waals surface area contributed by atoms with Crippen LogP contribution in [0.4, 0.5) is 11.4 Å². The molecule has 3 aliphatic rings. The predicted octanol–water partition coefficient (Wildman–Crippen LogP) is 3.56. The number of phenols is 1. The normalized spacial score (nSPS) is 19.5. The number of aliphatic carboxylic acids is 1. The number of anilines is 1. The molecule has 5 aromatic rings. The van der Waals surface area contributed by atoms with Crippen LogP contribution in [-0.4, -0.2) is 177 Å². The minimum absolute atomic E-state index is 0.0230. The van der Waals surface area contributed by atoms with Crippen molar-refractivity contribution in [1.82, 2.24) is 31.9 Å². The molecule has 0 radical (unpaired) electrons. The second-order valence-corrected chi connectivity index (χ2v) is 31.9. The van der Waals surface area contributed by atoms with Gasteiger partial charge in [0.15, 0.2) is 11.7 Å². The predicted molar refractivity (Wildman–Crippen MR) is 382 cm³/mol. The molecule has 0 spiro atoms. The number of rotatable bonds is 27. The largest absolute Gasteiger partial charge is 0.508 e. The summed E-state index contributed by atoms with van der Waals surface area (Å²) in [4.78, 5) is 97.0. The van der Waals surface area contributed by atoms with Crippen molar-refractivity contribution in [2.45, 2.75) is 160 Å². The van der Waals surface area contributed by atoms with Gasteiger partial charge in [0.1, 0.15) is 46.3 Å². The molecule has 32 nitrogen and oxygen atoms in total. The SMILES string of the molecule is CCN1\C(=C/C=C/C=C/C2=[N+](CCCCCC(=O)NCCCC[C@@H]3NC(=O)[C@@H](Cc4ccc(O)cc4)NC(=O)[C@H](CC(=O)O)NC(=O)CNC(=O)[C@H](CCCN=C(N)N)NC3=O)c3ccc4c(S(=O)(=O)O)cc(S(=O)(=O)O)cc4c3C2(C)C)C(C)(C)c2c1ccc1c(S(=O)(=O)O)cc(S(=O)(=O)O)cc21. The standard InChI is InChI=1S/C68H83N11O21S4/c1-6-78-51-27-25-43-45(33-41(101(89,90)91)35-53(43)103(95,96)97)60(51)67(2,3)55(78)18-9-7-10-19-56-68(4,5)61-46-34-42(102(92,93)94)36-54(104(98,99)100)44(46)26-28-52(61)79(56)31-14-8-11-20-57(81)71-29-13-12-16-48-63(86)75-47(17-15-30-72-66(69)70)62(85)73-38-58(82)74-50(37-59(83)84)65(88)77-49(64(87)76-48)32-39-21-23-40(80)24-22-39/h7,9-10,18-19,21-28,33-36,47-50H,6,8,11-17,20,29-32,37-38H2,1-5H3,(H15-,69,70,71,72,73,74,75,76,77,80,81,82,83,84,85,86,87,88,89,90,91,92,93,94,95,96,97,98,99,100)/p+1/t47-,48-,49+,50-/m0/s1. The van der Waals surface area contributed by atoms with E-state index in [9.17, 15) is 95.7 Å². The van der Waals surface area contributed by atoms with Crippen molar-refractivity contribution in [2.75, 3.05) is 37.6 Å². The molecular weight excluding hydrogens is 1440 g/mol. The second kappa shape index (κ2) is 32.5. The first-order chi connectivity index (χ1) is 48.6. The highest BCUT2D eigenvalue weighted by Gasteiger charge is 2.47. The fraction of sp³-hybridized carbons (Fsp3) is 0.397. The summed E-state index contributed by atoms with van der Waals surface area (Å²) >= 11 is 0. The monoisotopic (exact) mass is 1520 g/mol. The molecule has 6 amide bonds. The highest BCUT2D eigenvalue weighted by atomic mass is 32.2. The van der Waals surface area contributed by atoms with Gasteiger partial charge >= 0.3 is 5.97 Å². The maximum atomic E-state index is 14.3. The number of aromatic hydroxyl groups is 1. The lowest BCUT2D eigenvalue weighted by Crippen LogP contribution is -2.58. The summed E-state index contributed by atoms with van der Waals surface area (Å²) in [6, 6.07) is 9.52. The summed E-state index contributed by atoms with van der Waals surface area (Å²) in [5.41, 5.74) is 12.8. The van der Waals surface area contributed by atoms with Gasteiger partial charge in [0.25, 0.3) is 40.5 Å². The highest BCUT2D eigenvalue weighted by Crippen LogP contribution is 2.52. The molecule has 5 aromatic carbocycles. The van der Waals surface area contributed by atoms with E-state index in [-0.39, 0.29) is 97.2 Å². The number of hydrogen-bond donors (Lipinski definition) is 14. The van der Waals surface area contributed by atoms with Crippen LogP contribution in [0.1, 0.15) is 116 Å². The first kappa shape index (κ1) is 80.0. The molecule has 560 valence electrons. The number of unbranched alkanes of at least 4 members (excludes halogenated alkanes) is 3. The Morgan fingerprint density at radius 3 is 1.79 bits per heavy atom. The van der Waals surface area contributed by atoms with E-state index in [1.807, 2.05) is 50.2 Å². The molecule has 1 saturated heterocycles. The molecule has 104 heavy (non-hydrogen) atoms. The van der Waals surface area contributed by atoms with E-state index in [1.54, 1.807) is 36.4 Å². The molecule has 0 aliphatic carbocycles. The third kappa shape index (κ3) is 19.2. The van der Waals surface area contributed by atoms with E-state index in [0.29, 0.717) is 84.0 Å². The van der Waals surface area contributed by atoms with Crippen LogP contribution < -0.4 is 48.3 Å². The molecule has 4 atom stereocenters. The first-order valence-corrected chi connectivity index (χ1v) is 38.8. The third-order valence-electron chi connectivity index (χ3n) is 18.2. The van der Waals surface area contributed by atoms with Crippen molar-refractivity contribution >= 4 is 126 Å². The van der Waals surface area contributed by atoms with E-state index in [2.05, 4.69) is 36.9 Å². The maximum absolute atomic E-state index is 14.3. The number of carbonyl (C=O) groups excluding carboxylic acids is 6. The number of guanidine groups is 1. The van der Waals surface area contributed by atoms with Crippen molar-refractivity contribution in [3.8, 4) is 5.75 Å². The van der Waals surface area contributed by atoms with Crippen molar-refractivity contribution < 1.29 is 100 Å². The number of phenolic OH excluding ortho intramolecular Hbond substituents is 1. The minimum Gasteiger partial charge on any atom is -0.508 e. The Morgan fingerprint density at radius 1 is 0.635 bits per heavy atom. The Hall–Kier alpha value is -9.69. The number of fused-ring (bicyclic) bond motifs is 6. The summed E-state index contributed by atoms with van der Waals surface area (Å²) in [6.45, 7) is 9.33. The number of likely N-dealkylation sites (N-methyl/N-ethyl adjacent to an activating group) is 1. The number of nitrogens with one attached hydrogen (secondary N) is 6. The Balaban J connectivity index is 0.991. The van der Waals surface area contributed by atoms with Crippen LogP contribution in [-0.2, 0) is 91.3 Å². The van der Waals surface area contributed by atoms with E-state index in [1.165, 1.54) is 36.4 Å². The number of amides is 6. The average Bonchev–Trinajstić information content (AvgIpc) is 1.38. The van der Waals surface area contributed by atoms with Gasteiger partial charge in [-0.2, -0.15) is 38.2 Å². The van der Waals surface area contributed by atoms with Gasteiger partial charge in [0.05, 0.1) is 28.2 Å². The van der Waals surface area contributed by atoms with E-state index in [4.69, 9.17) is 11.5 Å². The van der Waals surface area contributed by atoms with Gasteiger partial charge in [-0.25, -0.2) is 0 Å². The third-order valence-corrected chi connectivity index (χ3v) is 21.6. The van der Waals surface area contributed by atoms with Gasteiger partial charge in [0.2, 0.25) is 41.1 Å². The molecular formula is C68H84N11O21S4+. The Kier molecular flexibility index (Phi) is 25.0. The van der Waals surface area contributed by atoms with Gasteiger partial charge in [-0.3, -0.25) is 56.8 Å². The van der Waals surface area contributed by atoms with Crippen molar-refractivity contribution in [3.63, 3.8) is 0 Å². The molecule has 3 aliphatic heterocycles. The molecule has 1 fully saturated rings. The zero-order valence-electron chi connectivity index (χ0n) is 57.4. The van der Waals surface area contributed by atoms with Gasteiger partial charge in [-0.05, 0) is 142 Å². The quantitative estimate of drug-likeness (QED) is 0.00892. The molecule has 0 saturated carbocycles. The minimum atomic E-state index is -5.07. The summed E-state index contributed by atoms with van der Waals surface area (Å²) in [7, 11) is -20.1. The number of nitrogens with two attached hydrogens (primary N) is 2. The first-order valence-electron chi connectivity index (χ1n) is 33.0. The van der Waals surface area contributed by atoms with Gasteiger partial charge in [-0.15, -0.1) is 0 Å². The fourth-order valence-electron chi connectivity index (χ4n) is 13.3. The summed E-state index contributed by atoms with van der Waals surface area (Å²) in [5, 5.41) is 35.1. The molecule has 0 bridgehead atoms. The van der Waals surface area contributed by atoms with Crippen molar-refractivity contribution in [2.24, 2.45) is 16.5 Å². The topological polar surface area (TPSA) is 520 Å². The fourth-order valence-corrected chi connectivity index (χ4v) is 16.0. The lowest BCUT2D eigenvalue weighted by Gasteiger charge is -2.26. The van der Waals surface area contributed by atoms with E-state index in [0.717, 1.165) is 12.1 Å². The van der Waals surface area contributed by atoms with Crippen molar-refractivity contribution in [3.05, 3.63) is 126 Å². The van der Waals surface area contributed by atoms with Crippen LogP contribution >= 0.6 is 0 Å². The zero-order chi connectivity index (χ0) is 76.6. The summed E-state index contributed by atoms with van der Waals surface area (Å²) in [5.74, 6) is -6.73. The lowest BCUT2D eigenvalue weighted by atomic mass is 9.79. The van der Waals surface area contributed by atoms with Crippen LogP contribution in [0.5, 0.6) is 5.75 Å². The summed E-state index contributed by atoms with van der Waals surface area (Å²) < 4.78 is 144. The van der Waals surface area contributed by atoms with Crippen LogP contribution in [0.3, 0.4) is 0 Å². The van der Waals surface area contributed by atoms with Crippen molar-refractivity contribution in [1.29, 1.82) is 0 Å². The average molecular weight is 1520 g/mol. The van der Waals surface area contributed by atoms with Gasteiger partial charge in [-0.1, -0.05) is 50.3 Å². The number of carbonyl (C=O) groups is 7. The van der Waals surface area contributed by atoms with Gasteiger partial charge < -0.3 is 58.5 Å². The number of carboxylic acids is 1. The highest BCUT2D eigenvalue weighted by molar-refractivity contribution is 7.87. The van der Waals surface area contributed by atoms with Crippen LogP contribution in [0.15, 0.2) is 133 Å². The number of aliphatic imine (C=N–C) groups is 1. The lowest BCUT2D eigenvalue weighted by molar-refractivity contribution is -0.438. The number of hydrogen-bond acceptors (Lipinski definition) is 18. The molecule has 0 aromatic heterocycles. The summed E-state index contributed by atoms with van der Waals surface area (Å²) in [6.07, 6.45) is 9.57. The smallest absolute Gasteiger partial charge is 0.305 e. The molecule has 16 N–H and O–H groups in total.